The van der Waals surface area contributed by atoms with Crippen molar-refractivity contribution >= 4 is 12.0 Å². The molecule has 2 N–H and O–H groups in total. The second-order valence-electron chi connectivity index (χ2n) is 4.35. The highest BCUT2D eigenvalue weighted by atomic mass is 16.1. The number of hydrogen-bond acceptors (Lipinski definition) is 2. The number of nitrogens with one attached hydrogen (secondary N) is 2. The first-order valence-corrected chi connectivity index (χ1v) is 6.06. The van der Waals surface area contributed by atoms with Crippen LogP contribution in [-0.4, -0.2) is 25.5 Å². The standard InChI is InChI=1S/C14H18N2O/c17-14(16-11-13-8-9-15-10-13)7-6-12-4-2-1-3-5-12/h1-7,13,15H,8-11H2,(H,16,17)/b7-6+. The van der Waals surface area contributed by atoms with Gasteiger partial charge in [-0.2, -0.15) is 0 Å². The van der Waals surface area contributed by atoms with Crippen LogP contribution in [0, 0.1) is 5.92 Å². The van der Waals surface area contributed by atoms with Gasteiger partial charge in [0, 0.05) is 12.6 Å². The lowest BCUT2D eigenvalue weighted by molar-refractivity contribution is -0.116. The summed E-state index contributed by atoms with van der Waals surface area (Å²) in [6.07, 6.45) is 4.59. The SMILES string of the molecule is O=C(/C=C/c1ccccc1)NCC1CCNC1. The summed E-state index contributed by atoms with van der Waals surface area (Å²) in [5, 5.41) is 6.21. The van der Waals surface area contributed by atoms with Crippen LogP contribution in [0.5, 0.6) is 0 Å². The van der Waals surface area contributed by atoms with Gasteiger partial charge in [0.05, 0.1) is 0 Å². The third kappa shape index (κ3) is 4.04. The molecule has 90 valence electrons. The Labute approximate surface area is 102 Å². The third-order valence-corrected chi connectivity index (χ3v) is 2.95. The van der Waals surface area contributed by atoms with E-state index in [4.69, 9.17) is 0 Å². The molecule has 0 aliphatic carbocycles. The zero-order valence-corrected chi connectivity index (χ0v) is 9.86. The summed E-state index contributed by atoms with van der Waals surface area (Å²) in [4.78, 5) is 11.6. The van der Waals surface area contributed by atoms with E-state index < -0.39 is 0 Å². The van der Waals surface area contributed by atoms with E-state index in [0.717, 1.165) is 31.6 Å². The molecule has 1 aliphatic heterocycles. The van der Waals surface area contributed by atoms with Crippen molar-refractivity contribution in [2.45, 2.75) is 6.42 Å². The zero-order valence-electron chi connectivity index (χ0n) is 9.86. The topological polar surface area (TPSA) is 41.1 Å². The summed E-state index contributed by atoms with van der Waals surface area (Å²) in [7, 11) is 0. The van der Waals surface area contributed by atoms with Crippen molar-refractivity contribution in [3.05, 3.63) is 42.0 Å². The molecule has 0 aromatic heterocycles. The molecule has 1 aromatic rings. The lowest BCUT2D eigenvalue weighted by atomic mass is 10.1. The predicted molar refractivity (Wildman–Crippen MR) is 69.5 cm³/mol. The lowest BCUT2D eigenvalue weighted by Crippen LogP contribution is -2.28. The van der Waals surface area contributed by atoms with Crippen molar-refractivity contribution in [1.29, 1.82) is 0 Å². The lowest BCUT2D eigenvalue weighted by Gasteiger charge is -2.07. The minimum atomic E-state index is -0.0132. The van der Waals surface area contributed by atoms with E-state index >= 15 is 0 Å². The van der Waals surface area contributed by atoms with Gasteiger partial charge in [0.15, 0.2) is 0 Å². The van der Waals surface area contributed by atoms with Crippen LogP contribution in [0.4, 0.5) is 0 Å². The van der Waals surface area contributed by atoms with E-state index in [1.807, 2.05) is 36.4 Å². The Morgan fingerprint density at radius 3 is 2.94 bits per heavy atom. The average Bonchev–Trinajstić information content (AvgIpc) is 2.88. The van der Waals surface area contributed by atoms with Crippen molar-refractivity contribution in [3.63, 3.8) is 0 Å². The third-order valence-electron chi connectivity index (χ3n) is 2.95. The van der Waals surface area contributed by atoms with Crippen LogP contribution in [0.1, 0.15) is 12.0 Å². The number of hydrogen-bond donors (Lipinski definition) is 2. The van der Waals surface area contributed by atoms with Gasteiger partial charge in [-0.15, -0.1) is 0 Å². The highest BCUT2D eigenvalue weighted by Gasteiger charge is 2.14. The quantitative estimate of drug-likeness (QED) is 0.768. The number of benzene rings is 1. The van der Waals surface area contributed by atoms with Crippen LogP contribution in [0.25, 0.3) is 6.08 Å². The molecule has 1 heterocycles. The number of rotatable bonds is 4. The van der Waals surface area contributed by atoms with Gasteiger partial charge in [-0.25, -0.2) is 0 Å². The molecule has 3 heteroatoms. The number of amides is 1. The van der Waals surface area contributed by atoms with E-state index in [2.05, 4.69) is 10.6 Å². The number of carbonyl (C=O) groups is 1. The smallest absolute Gasteiger partial charge is 0.244 e. The van der Waals surface area contributed by atoms with Gasteiger partial charge in [-0.05, 0) is 37.1 Å². The fraction of sp³-hybridized carbons (Fsp3) is 0.357. The van der Waals surface area contributed by atoms with E-state index in [1.54, 1.807) is 6.08 Å². The zero-order chi connectivity index (χ0) is 11.9. The molecule has 1 aromatic carbocycles. The Kier molecular flexibility index (Phi) is 4.33. The van der Waals surface area contributed by atoms with Gasteiger partial charge in [0.2, 0.25) is 5.91 Å². The highest BCUT2D eigenvalue weighted by molar-refractivity contribution is 5.91. The summed E-state index contributed by atoms with van der Waals surface area (Å²) in [5.74, 6) is 0.574. The Bertz CT molecular complexity index is 380. The summed E-state index contributed by atoms with van der Waals surface area (Å²) in [6.45, 7) is 2.86. The first kappa shape index (κ1) is 11.9. The Balaban J connectivity index is 1.75. The second-order valence-corrected chi connectivity index (χ2v) is 4.35. The average molecular weight is 230 g/mol. The molecule has 1 saturated heterocycles. The fourth-order valence-electron chi connectivity index (χ4n) is 1.93. The molecule has 17 heavy (non-hydrogen) atoms. The minimum Gasteiger partial charge on any atom is -0.352 e. The van der Waals surface area contributed by atoms with E-state index in [0.29, 0.717) is 5.92 Å². The van der Waals surface area contributed by atoms with Crippen molar-refractivity contribution in [2.24, 2.45) is 5.92 Å². The van der Waals surface area contributed by atoms with Crippen LogP contribution in [0.15, 0.2) is 36.4 Å². The highest BCUT2D eigenvalue weighted by Crippen LogP contribution is 2.05. The second kappa shape index (κ2) is 6.21. The van der Waals surface area contributed by atoms with Crippen molar-refractivity contribution < 1.29 is 4.79 Å². The summed E-state index contributed by atoms with van der Waals surface area (Å²) in [6, 6.07) is 9.84. The van der Waals surface area contributed by atoms with Crippen LogP contribution in [0.3, 0.4) is 0 Å². The Morgan fingerprint density at radius 2 is 2.24 bits per heavy atom. The maximum Gasteiger partial charge on any atom is 0.244 e. The molecule has 3 nitrogen and oxygen atoms in total. The van der Waals surface area contributed by atoms with Crippen LogP contribution in [-0.2, 0) is 4.79 Å². The molecular weight excluding hydrogens is 212 g/mol. The molecule has 1 unspecified atom stereocenters. The van der Waals surface area contributed by atoms with Crippen molar-refractivity contribution in [1.82, 2.24) is 10.6 Å². The fourth-order valence-corrected chi connectivity index (χ4v) is 1.93. The maximum atomic E-state index is 11.6. The summed E-state index contributed by atoms with van der Waals surface area (Å²) >= 11 is 0. The minimum absolute atomic E-state index is 0.0132. The van der Waals surface area contributed by atoms with Crippen LogP contribution in [0.2, 0.25) is 0 Å². The molecule has 0 spiro atoms. The number of carbonyl (C=O) groups excluding carboxylic acids is 1. The monoisotopic (exact) mass is 230 g/mol. The predicted octanol–water partition coefficient (Wildman–Crippen LogP) is 1.43. The first-order chi connectivity index (χ1) is 8.34. The van der Waals surface area contributed by atoms with E-state index in [9.17, 15) is 4.79 Å². The summed E-state index contributed by atoms with van der Waals surface area (Å²) in [5.41, 5.74) is 1.05. The van der Waals surface area contributed by atoms with Gasteiger partial charge in [-0.3, -0.25) is 4.79 Å². The molecule has 0 bridgehead atoms. The Morgan fingerprint density at radius 1 is 1.41 bits per heavy atom. The van der Waals surface area contributed by atoms with E-state index in [1.165, 1.54) is 0 Å². The molecule has 1 fully saturated rings. The van der Waals surface area contributed by atoms with Crippen LogP contribution < -0.4 is 10.6 Å². The van der Waals surface area contributed by atoms with Gasteiger partial charge in [-0.1, -0.05) is 30.3 Å². The van der Waals surface area contributed by atoms with Gasteiger partial charge in [0.25, 0.3) is 0 Å². The van der Waals surface area contributed by atoms with E-state index in [-0.39, 0.29) is 5.91 Å². The molecule has 2 rings (SSSR count). The largest absolute Gasteiger partial charge is 0.352 e. The van der Waals surface area contributed by atoms with Gasteiger partial charge < -0.3 is 10.6 Å². The molecular formula is C14H18N2O. The Hall–Kier alpha value is -1.61. The van der Waals surface area contributed by atoms with Crippen LogP contribution >= 0.6 is 0 Å². The summed E-state index contributed by atoms with van der Waals surface area (Å²) < 4.78 is 0. The molecule has 1 atom stereocenters. The molecule has 1 aliphatic rings. The van der Waals surface area contributed by atoms with Crippen molar-refractivity contribution in [2.75, 3.05) is 19.6 Å². The molecule has 0 saturated carbocycles. The molecule has 0 radical (unpaired) electrons. The maximum absolute atomic E-state index is 11.6. The van der Waals surface area contributed by atoms with Gasteiger partial charge >= 0.3 is 0 Å². The molecule has 1 amide bonds. The normalized spacial score (nSPS) is 19.6. The van der Waals surface area contributed by atoms with Gasteiger partial charge in [0.1, 0.15) is 0 Å². The first-order valence-electron chi connectivity index (χ1n) is 6.06. The van der Waals surface area contributed by atoms with Crippen molar-refractivity contribution in [3.8, 4) is 0 Å².